The van der Waals surface area contributed by atoms with E-state index in [1.165, 1.54) is 60.9 Å². The minimum Gasteiger partial charge on any atom is -0.444 e. The van der Waals surface area contributed by atoms with Gasteiger partial charge in [0.2, 0.25) is 0 Å². The number of hydrogen-bond acceptors (Lipinski definition) is 4. The summed E-state index contributed by atoms with van der Waals surface area (Å²) in [5, 5.41) is 6.48. The van der Waals surface area contributed by atoms with Gasteiger partial charge in [-0.2, -0.15) is 0 Å². The Morgan fingerprint density at radius 3 is 2.33 bits per heavy atom. The molecule has 1 fully saturated rings. The number of nitrogens with zero attached hydrogens (tertiary/aromatic N) is 1. The van der Waals surface area contributed by atoms with Gasteiger partial charge in [0.05, 0.1) is 12.3 Å². The van der Waals surface area contributed by atoms with Gasteiger partial charge in [0.15, 0.2) is 0 Å². The SMILES string of the molecule is CC.CC1=CCNC2=C(C(C)=CC=C(C3CCCCC3)C2)C1=NCCNC(=O)OC(C)(C)C.CCC. The summed E-state index contributed by atoms with van der Waals surface area (Å²) < 4.78 is 5.31. The largest absolute Gasteiger partial charge is 0.444 e. The van der Waals surface area contributed by atoms with Crippen LogP contribution in [0.2, 0.25) is 0 Å². The fourth-order valence-electron chi connectivity index (χ4n) is 4.60. The van der Waals surface area contributed by atoms with E-state index in [9.17, 15) is 4.79 Å². The molecule has 0 radical (unpaired) electrons. The molecule has 0 spiro atoms. The van der Waals surface area contributed by atoms with E-state index < -0.39 is 11.7 Å². The van der Waals surface area contributed by atoms with E-state index >= 15 is 0 Å². The Balaban J connectivity index is 0.00000120. The highest BCUT2D eigenvalue weighted by molar-refractivity contribution is 6.15. The number of nitrogens with one attached hydrogen (secondary N) is 2. The highest BCUT2D eigenvalue weighted by atomic mass is 16.6. The van der Waals surface area contributed by atoms with Crippen LogP contribution in [-0.2, 0) is 4.74 Å². The third kappa shape index (κ3) is 10.8. The second-order valence-corrected chi connectivity index (χ2v) is 10.6. The number of carbonyl (C=O) groups is 1. The molecule has 3 rings (SSSR count). The van der Waals surface area contributed by atoms with Gasteiger partial charge in [-0.05, 0) is 64.5 Å². The Bertz CT molecular complexity index is 848. The van der Waals surface area contributed by atoms with Gasteiger partial charge in [-0.3, -0.25) is 4.99 Å². The first-order valence-corrected chi connectivity index (χ1v) is 14.2. The molecule has 0 bridgehead atoms. The molecule has 1 heterocycles. The molecule has 0 aromatic carbocycles. The van der Waals surface area contributed by atoms with Crippen molar-refractivity contribution in [1.82, 2.24) is 10.6 Å². The summed E-state index contributed by atoms with van der Waals surface area (Å²) in [5.74, 6) is 0.710. The third-order valence-corrected chi connectivity index (χ3v) is 6.14. The lowest BCUT2D eigenvalue weighted by Gasteiger charge is -2.25. The Morgan fingerprint density at radius 2 is 1.72 bits per heavy atom. The standard InChI is InChI=1S/C26H39N3O2.C3H8.C2H6/c1-18-11-12-21(20-9-7-6-8-10-20)17-22-23(18)24(19(2)13-14-27-22)28-15-16-29-25(30)31-26(3,4)5;1-3-2;1-2/h11-13,20,27H,6-10,14-17H2,1-5H3,(H,29,30);3H2,1-2H3;1-2H3. The Morgan fingerprint density at radius 1 is 1.08 bits per heavy atom. The molecule has 0 atom stereocenters. The third-order valence-electron chi connectivity index (χ3n) is 6.14. The fourth-order valence-corrected chi connectivity index (χ4v) is 4.60. The summed E-state index contributed by atoms with van der Waals surface area (Å²) in [6.07, 6.45) is 15.4. The molecular weight excluding hydrogens is 446 g/mol. The molecule has 1 saturated carbocycles. The zero-order chi connectivity index (χ0) is 27.1. The van der Waals surface area contributed by atoms with Gasteiger partial charge >= 0.3 is 6.09 Å². The van der Waals surface area contributed by atoms with E-state index in [2.05, 4.69) is 56.6 Å². The molecular formula is C31H53N3O2. The van der Waals surface area contributed by atoms with Gasteiger partial charge < -0.3 is 15.4 Å². The maximum atomic E-state index is 11.9. The summed E-state index contributed by atoms with van der Waals surface area (Å²) in [6, 6.07) is 0. The molecule has 204 valence electrons. The average molecular weight is 500 g/mol. The summed E-state index contributed by atoms with van der Waals surface area (Å²) >= 11 is 0. The summed E-state index contributed by atoms with van der Waals surface area (Å²) in [6.45, 7) is 20.0. The zero-order valence-corrected chi connectivity index (χ0v) is 24.6. The normalized spacial score (nSPS) is 19.5. The number of hydrogen-bond donors (Lipinski definition) is 2. The lowest BCUT2D eigenvalue weighted by atomic mass is 9.82. The molecule has 2 aliphatic carbocycles. The molecule has 3 aliphatic rings. The van der Waals surface area contributed by atoms with Crippen molar-refractivity contribution in [3.8, 4) is 0 Å². The second-order valence-electron chi connectivity index (χ2n) is 10.6. The topological polar surface area (TPSA) is 62.7 Å². The number of allylic oxidation sites excluding steroid dienone is 6. The maximum absolute atomic E-state index is 11.9. The van der Waals surface area contributed by atoms with Crippen LogP contribution in [0.25, 0.3) is 0 Å². The van der Waals surface area contributed by atoms with Gasteiger partial charge in [-0.25, -0.2) is 4.79 Å². The molecule has 0 unspecified atom stereocenters. The number of ether oxygens (including phenoxy) is 1. The Labute approximate surface area is 221 Å². The molecule has 1 amide bonds. The van der Waals surface area contributed by atoms with E-state index in [-0.39, 0.29) is 0 Å². The van der Waals surface area contributed by atoms with Gasteiger partial charge in [-0.1, -0.05) is 77.2 Å². The predicted octanol–water partition coefficient (Wildman–Crippen LogP) is 8.05. The smallest absolute Gasteiger partial charge is 0.407 e. The van der Waals surface area contributed by atoms with Crippen LogP contribution in [0.1, 0.15) is 107 Å². The van der Waals surface area contributed by atoms with Gasteiger partial charge in [0, 0.05) is 30.8 Å². The van der Waals surface area contributed by atoms with Crippen molar-refractivity contribution in [2.24, 2.45) is 10.9 Å². The lowest BCUT2D eigenvalue weighted by Crippen LogP contribution is -2.33. The lowest BCUT2D eigenvalue weighted by molar-refractivity contribution is 0.0529. The number of carbonyl (C=O) groups excluding carboxylic acids is 1. The average Bonchev–Trinajstić information content (AvgIpc) is 3.09. The van der Waals surface area contributed by atoms with Crippen LogP contribution in [0.15, 0.2) is 51.2 Å². The number of amides is 1. The van der Waals surface area contributed by atoms with E-state index in [1.54, 1.807) is 5.57 Å². The Kier molecular flexibility index (Phi) is 14.5. The van der Waals surface area contributed by atoms with Crippen LogP contribution in [0.5, 0.6) is 0 Å². The summed E-state index contributed by atoms with van der Waals surface area (Å²) in [7, 11) is 0. The zero-order valence-electron chi connectivity index (χ0n) is 24.6. The van der Waals surface area contributed by atoms with Crippen LogP contribution in [0, 0.1) is 5.92 Å². The maximum Gasteiger partial charge on any atom is 0.407 e. The van der Waals surface area contributed by atoms with Crippen molar-refractivity contribution in [2.75, 3.05) is 19.6 Å². The minimum absolute atomic E-state index is 0.394. The van der Waals surface area contributed by atoms with Crippen molar-refractivity contribution in [1.29, 1.82) is 0 Å². The van der Waals surface area contributed by atoms with Gasteiger partial charge in [-0.15, -0.1) is 0 Å². The molecule has 2 N–H and O–H groups in total. The van der Waals surface area contributed by atoms with Gasteiger partial charge in [0.1, 0.15) is 5.60 Å². The van der Waals surface area contributed by atoms with Crippen LogP contribution < -0.4 is 10.6 Å². The number of alkyl carbamates (subject to hydrolysis) is 1. The number of aliphatic imine (C=N–C) groups is 1. The van der Waals surface area contributed by atoms with Crippen LogP contribution >= 0.6 is 0 Å². The van der Waals surface area contributed by atoms with Crippen LogP contribution in [0.4, 0.5) is 4.79 Å². The van der Waals surface area contributed by atoms with Crippen LogP contribution in [-0.4, -0.2) is 37.0 Å². The first kappa shape index (κ1) is 31.7. The summed E-state index contributed by atoms with van der Waals surface area (Å²) in [4.78, 5) is 16.8. The van der Waals surface area contributed by atoms with Crippen molar-refractivity contribution >= 4 is 11.8 Å². The molecule has 0 aromatic rings. The van der Waals surface area contributed by atoms with Crippen molar-refractivity contribution < 1.29 is 9.53 Å². The molecule has 0 aromatic heterocycles. The van der Waals surface area contributed by atoms with Crippen LogP contribution in [0.3, 0.4) is 0 Å². The van der Waals surface area contributed by atoms with E-state index in [1.807, 2.05) is 34.6 Å². The monoisotopic (exact) mass is 499 g/mol. The van der Waals surface area contributed by atoms with Crippen molar-refractivity contribution in [2.45, 2.75) is 113 Å². The fraction of sp³-hybridized carbons (Fsp3) is 0.677. The quantitative estimate of drug-likeness (QED) is 0.385. The van der Waals surface area contributed by atoms with E-state index in [4.69, 9.17) is 9.73 Å². The van der Waals surface area contributed by atoms with E-state index in [0.717, 1.165) is 18.7 Å². The summed E-state index contributed by atoms with van der Waals surface area (Å²) in [5.41, 5.74) is 7.05. The van der Waals surface area contributed by atoms with Gasteiger partial charge in [0.25, 0.3) is 0 Å². The number of rotatable bonds is 4. The first-order valence-electron chi connectivity index (χ1n) is 14.2. The second kappa shape index (κ2) is 16.4. The van der Waals surface area contributed by atoms with E-state index in [0.29, 0.717) is 19.0 Å². The molecule has 36 heavy (non-hydrogen) atoms. The van der Waals surface area contributed by atoms with Crippen molar-refractivity contribution in [3.63, 3.8) is 0 Å². The molecule has 0 saturated heterocycles. The minimum atomic E-state index is -0.493. The van der Waals surface area contributed by atoms with Crippen molar-refractivity contribution in [3.05, 3.63) is 46.2 Å². The molecule has 5 nitrogen and oxygen atoms in total. The predicted molar refractivity (Wildman–Crippen MR) is 156 cm³/mol. The molecule has 1 aliphatic heterocycles. The highest BCUT2D eigenvalue weighted by Gasteiger charge is 2.25. The highest BCUT2D eigenvalue weighted by Crippen LogP contribution is 2.36. The first-order chi connectivity index (χ1) is 17.2. The Hall–Kier alpha value is -2.30. The molecule has 5 heteroatoms.